The lowest BCUT2D eigenvalue weighted by molar-refractivity contribution is -0.0736. The first-order valence-corrected chi connectivity index (χ1v) is 4.49. The van der Waals surface area contributed by atoms with Gasteiger partial charge in [-0.1, -0.05) is 11.6 Å². The van der Waals surface area contributed by atoms with Crippen molar-refractivity contribution in [3.8, 4) is 11.5 Å². The molecule has 0 heterocycles. The van der Waals surface area contributed by atoms with Crippen molar-refractivity contribution >= 4 is 11.6 Å². The predicted octanol–water partition coefficient (Wildman–Crippen LogP) is 2.01. The fourth-order valence-corrected chi connectivity index (χ4v) is 1.44. The molecule has 0 saturated heterocycles. The van der Waals surface area contributed by atoms with Crippen LogP contribution in [0, 0.1) is 5.82 Å². The molecule has 0 aromatic heterocycles. The highest BCUT2D eigenvalue weighted by molar-refractivity contribution is 6.32. The number of phenolic OH excluding ortho intramolecular Hbond substituents is 1. The molecule has 1 aromatic carbocycles. The number of hydroxylamine groups is 2. The molecule has 15 heavy (non-hydrogen) atoms. The van der Waals surface area contributed by atoms with E-state index in [2.05, 4.69) is 0 Å². The molecule has 2 N–H and O–H groups in total. The quantitative estimate of drug-likeness (QED) is 0.787. The molecule has 0 unspecified atom stereocenters. The van der Waals surface area contributed by atoms with Crippen molar-refractivity contribution in [3.05, 3.63) is 22.5 Å². The van der Waals surface area contributed by atoms with Gasteiger partial charge in [0.25, 0.3) is 0 Å². The summed E-state index contributed by atoms with van der Waals surface area (Å²) < 4.78 is 18.2. The zero-order valence-corrected chi connectivity index (χ0v) is 9.05. The number of nitrogens with zero attached hydrogens (tertiary/aromatic N) is 1. The number of halogens is 2. The third kappa shape index (κ3) is 2.50. The van der Waals surface area contributed by atoms with E-state index in [1.54, 1.807) is 0 Å². The van der Waals surface area contributed by atoms with Crippen LogP contribution in [0.2, 0.25) is 5.02 Å². The molecular formula is C9H11ClFNO3. The van der Waals surface area contributed by atoms with Gasteiger partial charge in [0.1, 0.15) is 0 Å². The van der Waals surface area contributed by atoms with Crippen LogP contribution in [0.5, 0.6) is 11.5 Å². The first-order chi connectivity index (χ1) is 6.97. The van der Waals surface area contributed by atoms with Crippen LogP contribution in [-0.4, -0.2) is 29.5 Å². The third-order valence-electron chi connectivity index (χ3n) is 1.83. The molecule has 0 fully saturated rings. The molecule has 84 valence electrons. The van der Waals surface area contributed by atoms with Gasteiger partial charge in [-0.05, 0) is 6.07 Å². The Hall–Kier alpha value is -1.04. The molecule has 1 aromatic rings. The molecular weight excluding hydrogens is 225 g/mol. The maximum Gasteiger partial charge on any atom is 0.208 e. The van der Waals surface area contributed by atoms with E-state index in [0.717, 1.165) is 5.06 Å². The third-order valence-corrected chi connectivity index (χ3v) is 2.12. The molecule has 1 rings (SSSR count). The minimum atomic E-state index is -0.929. The van der Waals surface area contributed by atoms with Gasteiger partial charge in [0.15, 0.2) is 11.5 Å². The van der Waals surface area contributed by atoms with E-state index < -0.39 is 11.6 Å². The Bertz CT molecular complexity index is 371. The van der Waals surface area contributed by atoms with Crippen LogP contribution in [0.25, 0.3) is 0 Å². The summed E-state index contributed by atoms with van der Waals surface area (Å²) in [5.74, 6) is -1.71. The molecule has 0 aliphatic carbocycles. The molecule has 0 amide bonds. The van der Waals surface area contributed by atoms with Crippen molar-refractivity contribution in [1.29, 1.82) is 0 Å². The second kappa shape index (κ2) is 4.65. The second-order valence-corrected chi connectivity index (χ2v) is 3.44. The summed E-state index contributed by atoms with van der Waals surface area (Å²) in [4.78, 5) is 0. The summed E-state index contributed by atoms with van der Waals surface area (Å²) in [5.41, 5.74) is 0.350. The van der Waals surface area contributed by atoms with Gasteiger partial charge < -0.3 is 15.1 Å². The zero-order valence-electron chi connectivity index (χ0n) is 8.29. The average Bonchev–Trinajstić information content (AvgIpc) is 2.14. The van der Waals surface area contributed by atoms with Crippen molar-refractivity contribution in [2.75, 3.05) is 14.2 Å². The van der Waals surface area contributed by atoms with E-state index in [-0.39, 0.29) is 17.3 Å². The van der Waals surface area contributed by atoms with E-state index in [0.29, 0.717) is 5.56 Å². The molecule has 0 saturated carbocycles. The summed E-state index contributed by atoms with van der Waals surface area (Å²) >= 11 is 5.59. The van der Waals surface area contributed by atoms with Crippen molar-refractivity contribution in [1.82, 2.24) is 5.06 Å². The molecule has 0 atom stereocenters. The smallest absolute Gasteiger partial charge is 0.208 e. The van der Waals surface area contributed by atoms with Gasteiger partial charge in [-0.2, -0.15) is 9.45 Å². The number of rotatable bonds is 3. The topological polar surface area (TPSA) is 52.9 Å². The van der Waals surface area contributed by atoms with Crippen LogP contribution >= 0.6 is 11.6 Å². The highest BCUT2D eigenvalue weighted by Crippen LogP contribution is 2.36. The first kappa shape index (κ1) is 12.0. The van der Waals surface area contributed by atoms with E-state index in [4.69, 9.17) is 21.5 Å². The number of aromatic hydroxyl groups is 1. The highest BCUT2D eigenvalue weighted by Gasteiger charge is 2.18. The molecule has 4 nitrogen and oxygen atoms in total. The molecule has 0 spiro atoms. The minimum Gasteiger partial charge on any atom is -0.504 e. The SMILES string of the molecule is COc1c(CN(C)O)cc(Cl)c(O)c1F. The van der Waals surface area contributed by atoms with Crippen molar-refractivity contribution < 1.29 is 19.4 Å². The molecule has 0 radical (unpaired) electrons. The number of methoxy groups -OCH3 is 1. The zero-order chi connectivity index (χ0) is 11.6. The second-order valence-electron chi connectivity index (χ2n) is 3.03. The number of hydrogen-bond acceptors (Lipinski definition) is 4. The lowest BCUT2D eigenvalue weighted by atomic mass is 10.1. The lowest BCUT2D eigenvalue weighted by Gasteiger charge is -2.14. The Morgan fingerprint density at radius 3 is 2.67 bits per heavy atom. The predicted molar refractivity (Wildman–Crippen MR) is 52.9 cm³/mol. The highest BCUT2D eigenvalue weighted by atomic mass is 35.5. The summed E-state index contributed by atoms with van der Waals surface area (Å²) in [6.07, 6.45) is 0. The maximum absolute atomic E-state index is 13.4. The molecule has 0 aliphatic heterocycles. The van der Waals surface area contributed by atoms with E-state index >= 15 is 0 Å². The number of phenols is 1. The Kier molecular flexibility index (Phi) is 3.73. The van der Waals surface area contributed by atoms with Crippen LogP contribution < -0.4 is 4.74 Å². The van der Waals surface area contributed by atoms with Crippen LogP contribution in [0.3, 0.4) is 0 Å². The standard InChI is InChI=1S/C9H11ClFNO3/c1-12(14)4-5-3-6(10)8(13)7(11)9(5)15-2/h3,13-14H,4H2,1-2H3. The van der Waals surface area contributed by atoms with Gasteiger partial charge in [-0.3, -0.25) is 0 Å². The largest absolute Gasteiger partial charge is 0.504 e. The normalized spacial score (nSPS) is 10.8. The van der Waals surface area contributed by atoms with Crippen LogP contribution in [-0.2, 0) is 6.54 Å². The van der Waals surface area contributed by atoms with Gasteiger partial charge in [0.2, 0.25) is 5.82 Å². The average molecular weight is 236 g/mol. The fraction of sp³-hybridized carbons (Fsp3) is 0.333. The van der Waals surface area contributed by atoms with Crippen molar-refractivity contribution in [2.24, 2.45) is 0 Å². The van der Waals surface area contributed by atoms with Crippen LogP contribution in [0.1, 0.15) is 5.56 Å². The van der Waals surface area contributed by atoms with Crippen molar-refractivity contribution in [2.45, 2.75) is 6.54 Å². The fourth-order valence-electron chi connectivity index (χ4n) is 1.22. The summed E-state index contributed by atoms with van der Waals surface area (Å²) in [7, 11) is 2.67. The lowest BCUT2D eigenvalue weighted by Crippen LogP contribution is -2.13. The van der Waals surface area contributed by atoms with E-state index in [9.17, 15) is 9.50 Å². The maximum atomic E-state index is 13.4. The Labute approximate surface area is 91.4 Å². The van der Waals surface area contributed by atoms with E-state index in [1.807, 2.05) is 0 Å². The first-order valence-electron chi connectivity index (χ1n) is 4.11. The van der Waals surface area contributed by atoms with Crippen molar-refractivity contribution in [3.63, 3.8) is 0 Å². The van der Waals surface area contributed by atoms with Crippen LogP contribution in [0.4, 0.5) is 4.39 Å². The summed E-state index contributed by atoms with van der Waals surface area (Å²) in [6.45, 7) is 0.0418. The Morgan fingerprint density at radius 1 is 1.60 bits per heavy atom. The summed E-state index contributed by atoms with van der Waals surface area (Å²) in [6, 6.07) is 1.34. The number of benzene rings is 1. The van der Waals surface area contributed by atoms with Gasteiger partial charge in [-0.25, -0.2) is 0 Å². The molecule has 6 heteroatoms. The Balaban J connectivity index is 3.25. The van der Waals surface area contributed by atoms with Gasteiger partial charge in [0.05, 0.1) is 18.7 Å². The van der Waals surface area contributed by atoms with E-state index in [1.165, 1.54) is 20.2 Å². The summed E-state index contributed by atoms with van der Waals surface area (Å²) in [5, 5.41) is 19.0. The van der Waals surface area contributed by atoms with Crippen LogP contribution in [0.15, 0.2) is 6.07 Å². The monoisotopic (exact) mass is 235 g/mol. The van der Waals surface area contributed by atoms with Gasteiger partial charge in [0, 0.05) is 12.6 Å². The number of hydrogen-bond donors (Lipinski definition) is 2. The minimum absolute atomic E-state index is 0.0418. The molecule has 0 bridgehead atoms. The number of ether oxygens (including phenoxy) is 1. The molecule has 0 aliphatic rings. The Morgan fingerprint density at radius 2 is 2.20 bits per heavy atom. The van der Waals surface area contributed by atoms with Gasteiger partial charge >= 0.3 is 0 Å². The van der Waals surface area contributed by atoms with Gasteiger partial charge in [-0.15, -0.1) is 0 Å².